The molecule has 17 heavy (non-hydrogen) atoms. The second-order valence-electron chi connectivity index (χ2n) is 5.17. The Morgan fingerprint density at radius 2 is 2.18 bits per heavy atom. The molecule has 2 N–H and O–H groups in total. The van der Waals surface area contributed by atoms with Crippen molar-refractivity contribution in [3.05, 3.63) is 18.0 Å². The van der Waals surface area contributed by atoms with Crippen molar-refractivity contribution in [3.63, 3.8) is 0 Å². The van der Waals surface area contributed by atoms with Crippen LogP contribution in [-0.4, -0.2) is 28.5 Å². The predicted molar refractivity (Wildman–Crippen MR) is 67.7 cm³/mol. The lowest BCUT2D eigenvalue weighted by Gasteiger charge is -2.33. The lowest BCUT2D eigenvalue weighted by molar-refractivity contribution is 0.0691. The van der Waals surface area contributed by atoms with Crippen molar-refractivity contribution in [1.29, 1.82) is 0 Å². The van der Waals surface area contributed by atoms with Gasteiger partial charge >= 0.3 is 0 Å². The van der Waals surface area contributed by atoms with E-state index in [1.54, 1.807) is 0 Å². The van der Waals surface area contributed by atoms with Crippen LogP contribution < -0.4 is 5.73 Å². The Bertz CT molecular complexity index is 342. The number of hydrogen-bond acceptors (Lipinski definition) is 3. The molecule has 0 aliphatic heterocycles. The van der Waals surface area contributed by atoms with Crippen LogP contribution in [0.5, 0.6) is 0 Å². The Labute approximate surface area is 103 Å². The molecule has 0 unspecified atom stereocenters. The number of nitrogens with zero attached hydrogens (tertiary/aromatic N) is 2. The number of aromatic nitrogens is 2. The molecule has 0 aromatic carbocycles. The lowest BCUT2D eigenvalue weighted by Crippen LogP contribution is -2.46. The molecule has 1 aliphatic rings. The van der Waals surface area contributed by atoms with Gasteiger partial charge in [0.05, 0.1) is 13.2 Å². The summed E-state index contributed by atoms with van der Waals surface area (Å²) in [5.41, 5.74) is 7.45. The van der Waals surface area contributed by atoms with E-state index in [0.717, 1.165) is 25.9 Å². The van der Waals surface area contributed by atoms with E-state index < -0.39 is 0 Å². The molecule has 0 spiro atoms. The van der Waals surface area contributed by atoms with Crippen LogP contribution in [0.15, 0.2) is 12.3 Å². The molecular weight excluding hydrogens is 214 g/mol. The van der Waals surface area contributed by atoms with Gasteiger partial charge in [-0.2, -0.15) is 5.10 Å². The molecule has 4 nitrogen and oxygen atoms in total. The third-order valence-electron chi connectivity index (χ3n) is 3.66. The van der Waals surface area contributed by atoms with E-state index in [-0.39, 0.29) is 5.54 Å². The first-order chi connectivity index (χ1) is 8.20. The van der Waals surface area contributed by atoms with Crippen molar-refractivity contribution in [3.8, 4) is 0 Å². The molecule has 0 radical (unpaired) electrons. The molecule has 0 atom stereocenters. The van der Waals surface area contributed by atoms with Crippen LogP contribution in [0.4, 0.5) is 0 Å². The average Bonchev–Trinajstić information content (AvgIpc) is 2.72. The zero-order valence-electron chi connectivity index (χ0n) is 10.7. The Kier molecular flexibility index (Phi) is 4.18. The largest absolute Gasteiger partial charge is 0.379 e. The predicted octanol–water partition coefficient (Wildman–Crippen LogP) is 1.64. The zero-order chi connectivity index (χ0) is 12.1. The van der Waals surface area contributed by atoms with Crippen LogP contribution in [0, 0.1) is 0 Å². The van der Waals surface area contributed by atoms with Gasteiger partial charge in [-0.05, 0) is 18.9 Å². The van der Waals surface area contributed by atoms with E-state index in [1.165, 1.54) is 25.0 Å². The van der Waals surface area contributed by atoms with Crippen molar-refractivity contribution in [1.82, 2.24) is 9.78 Å². The maximum Gasteiger partial charge on any atom is 0.0646 e. The van der Waals surface area contributed by atoms with Crippen LogP contribution in [0.25, 0.3) is 0 Å². The van der Waals surface area contributed by atoms with E-state index in [1.807, 2.05) is 24.0 Å². The summed E-state index contributed by atoms with van der Waals surface area (Å²) in [4.78, 5) is 0. The second-order valence-corrected chi connectivity index (χ2v) is 5.17. The van der Waals surface area contributed by atoms with Crippen molar-refractivity contribution < 1.29 is 4.74 Å². The third kappa shape index (κ3) is 3.54. The molecule has 1 aromatic heterocycles. The highest BCUT2D eigenvalue weighted by Gasteiger charge is 2.27. The monoisotopic (exact) mass is 237 g/mol. The van der Waals surface area contributed by atoms with Gasteiger partial charge < -0.3 is 10.5 Å². The number of rotatable bonds is 5. The highest BCUT2D eigenvalue weighted by atomic mass is 16.5. The van der Waals surface area contributed by atoms with Gasteiger partial charge in [0.25, 0.3) is 0 Å². The molecule has 2 rings (SSSR count). The summed E-state index contributed by atoms with van der Waals surface area (Å²) in [5, 5.41) is 4.14. The first kappa shape index (κ1) is 12.6. The van der Waals surface area contributed by atoms with Crippen LogP contribution in [-0.2, 0) is 18.2 Å². The fraction of sp³-hybridized carbons (Fsp3) is 0.769. The number of ether oxygens (including phenoxy) is 1. The van der Waals surface area contributed by atoms with E-state index in [9.17, 15) is 0 Å². The van der Waals surface area contributed by atoms with Gasteiger partial charge in [-0.1, -0.05) is 19.3 Å². The standard InChI is InChI=1S/C13H23N3O/c1-16-12(5-9-15-16)6-10-17-11-13(14)7-3-2-4-8-13/h5,9H,2-4,6-8,10-11,14H2,1H3. The smallest absolute Gasteiger partial charge is 0.0646 e. The van der Waals surface area contributed by atoms with Crippen molar-refractivity contribution in [2.75, 3.05) is 13.2 Å². The molecular formula is C13H23N3O. The van der Waals surface area contributed by atoms with Gasteiger partial charge in [0.2, 0.25) is 0 Å². The summed E-state index contributed by atoms with van der Waals surface area (Å²) in [6.45, 7) is 1.43. The van der Waals surface area contributed by atoms with Gasteiger partial charge in [0.15, 0.2) is 0 Å². The van der Waals surface area contributed by atoms with Gasteiger partial charge in [0, 0.05) is 30.9 Å². The van der Waals surface area contributed by atoms with Crippen LogP contribution in [0.2, 0.25) is 0 Å². The van der Waals surface area contributed by atoms with Crippen LogP contribution in [0.3, 0.4) is 0 Å². The summed E-state index contributed by atoms with van der Waals surface area (Å²) < 4.78 is 7.63. The van der Waals surface area contributed by atoms with Gasteiger partial charge in [-0.15, -0.1) is 0 Å². The Morgan fingerprint density at radius 3 is 2.82 bits per heavy atom. The molecule has 0 amide bonds. The Balaban J connectivity index is 1.67. The molecule has 1 saturated carbocycles. The topological polar surface area (TPSA) is 53.1 Å². The molecule has 1 heterocycles. The third-order valence-corrected chi connectivity index (χ3v) is 3.66. The second kappa shape index (κ2) is 5.65. The molecule has 1 aromatic rings. The summed E-state index contributed by atoms with van der Waals surface area (Å²) in [6, 6.07) is 2.03. The summed E-state index contributed by atoms with van der Waals surface area (Å²) >= 11 is 0. The maximum absolute atomic E-state index is 6.31. The van der Waals surface area contributed by atoms with E-state index in [0.29, 0.717) is 6.61 Å². The number of hydrogen-bond donors (Lipinski definition) is 1. The minimum Gasteiger partial charge on any atom is -0.379 e. The fourth-order valence-electron chi connectivity index (χ4n) is 2.50. The molecule has 1 aliphatic carbocycles. The average molecular weight is 237 g/mol. The van der Waals surface area contributed by atoms with Gasteiger partial charge in [-0.25, -0.2) is 0 Å². The Hall–Kier alpha value is -0.870. The molecule has 0 bridgehead atoms. The minimum atomic E-state index is -0.0648. The van der Waals surface area contributed by atoms with Crippen LogP contribution in [0.1, 0.15) is 37.8 Å². The highest BCUT2D eigenvalue weighted by Crippen LogP contribution is 2.25. The summed E-state index contributed by atoms with van der Waals surface area (Å²) in [5.74, 6) is 0. The van der Waals surface area contributed by atoms with E-state index in [2.05, 4.69) is 5.10 Å². The minimum absolute atomic E-state index is 0.0648. The number of aryl methyl sites for hydroxylation is 1. The van der Waals surface area contributed by atoms with Crippen molar-refractivity contribution in [2.24, 2.45) is 12.8 Å². The number of nitrogens with two attached hydrogens (primary N) is 1. The van der Waals surface area contributed by atoms with E-state index >= 15 is 0 Å². The van der Waals surface area contributed by atoms with Crippen molar-refractivity contribution in [2.45, 2.75) is 44.1 Å². The summed E-state index contributed by atoms with van der Waals surface area (Å²) in [6.07, 6.45) is 8.78. The van der Waals surface area contributed by atoms with Gasteiger partial charge in [-0.3, -0.25) is 4.68 Å². The normalized spacial score (nSPS) is 19.4. The molecule has 0 saturated heterocycles. The summed E-state index contributed by atoms with van der Waals surface area (Å²) in [7, 11) is 1.96. The lowest BCUT2D eigenvalue weighted by atomic mass is 9.83. The first-order valence-electron chi connectivity index (χ1n) is 6.53. The van der Waals surface area contributed by atoms with Crippen LogP contribution >= 0.6 is 0 Å². The highest BCUT2D eigenvalue weighted by molar-refractivity contribution is 4.99. The molecule has 96 valence electrons. The van der Waals surface area contributed by atoms with Crippen molar-refractivity contribution >= 4 is 0 Å². The Morgan fingerprint density at radius 1 is 1.41 bits per heavy atom. The maximum atomic E-state index is 6.31. The van der Waals surface area contributed by atoms with Gasteiger partial charge in [0.1, 0.15) is 0 Å². The molecule has 4 heteroatoms. The SMILES string of the molecule is Cn1nccc1CCOCC1(N)CCCCC1. The first-order valence-corrected chi connectivity index (χ1v) is 6.53. The molecule has 1 fully saturated rings. The quantitative estimate of drug-likeness (QED) is 0.792. The fourth-order valence-corrected chi connectivity index (χ4v) is 2.50. The zero-order valence-corrected chi connectivity index (χ0v) is 10.7. The van der Waals surface area contributed by atoms with E-state index in [4.69, 9.17) is 10.5 Å².